The monoisotopic (exact) mass is 435 g/mol. The van der Waals surface area contributed by atoms with Crippen molar-refractivity contribution >= 4 is 56.5 Å². The first-order chi connectivity index (χ1) is 12.2. The van der Waals surface area contributed by atoms with E-state index in [4.69, 9.17) is 39.5 Å². The SMILES string of the molecule is CCOC(=O)CN(c1cccc(Cl)c1C)S(=O)(=O)c1ccc(Cl)c(Cl)c1. The summed E-state index contributed by atoms with van der Waals surface area (Å²) in [6.07, 6.45) is 0. The second kappa shape index (κ2) is 8.48. The lowest BCUT2D eigenvalue weighted by Gasteiger charge is -2.25. The highest BCUT2D eigenvalue weighted by molar-refractivity contribution is 7.92. The van der Waals surface area contributed by atoms with E-state index in [-0.39, 0.29) is 27.2 Å². The maximum absolute atomic E-state index is 13.2. The molecule has 0 saturated heterocycles. The smallest absolute Gasteiger partial charge is 0.326 e. The molecule has 26 heavy (non-hydrogen) atoms. The molecule has 0 aliphatic rings. The third-order valence-electron chi connectivity index (χ3n) is 3.56. The molecule has 0 aromatic heterocycles. The van der Waals surface area contributed by atoms with Gasteiger partial charge in [0.05, 0.1) is 27.2 Å². The fourth-order valence-electron chi connectivity index (χ4n) is 2.25. The molecule has 2 aromatic rings. The van der Waals surface area contributed by atoms with Crippen molar-refractivity contribution in [1.29, 1.82) is 0 Å². The van der Waals surface area contributed by atoms with Crippen LogP contribution < -0.4 is 4.31 Å². The molecule has 0 fully saturated rings. The van der Waals surface area contributed by atoms with Gasteiger partial charge in [0.25, 0.3) is 10.0 Å². The second-order valence-corrected chi connectivity index (χ2v) is 8.36. The highest BCUT2D eigenvalue weighted by atomic mass is 35.5. The normalized spacial score (nSPS) is 11.3. The summed E-state index contributed by atoms with van der Waals surface area (Å²) in [6, 6.07) is 8.74. The third kappa shape index (κ3) is 4.43. The van der Waals surface area contributed by atoms with E-state index < -0.39 is 22.5 Å². The van der Waals surface area contributed by atoms with Gasteiger partial charge < -0.3 is 4.74 Å². The molecule has 0 bridgehead atoms. The highest BCUT2D eigenvalue weighted by Gasteiger charge is 2.29. The molecule has 9 heteroatoms. The maximum Gasteiger partial charge on any atom is 0.326 e. The number of carbonyl (C=O) groups excluding carboxylic acids is 1. The maximum atomic E-state index is 13.2. The van der Waals surface area contributed by atoms with Crippen molar-refractivity contribution < 1.29 is 17.9 Å². The minimum atomic E-state index is -4.12. The van der Waals surface area contributed by atoms with E-state index in [1.807, 2.05) is 0 Å². The molecule has 0 unspecified atom stereocenters. The van der Waals surface area contributed by atoms with Crippen LogP contribution >= 0.6 is 34.8 Å². The number of nitrogens with zero attached hydrogens (tertiary/aromatic N) is 1. The van der Waals surface area contributed by atoms with Crippen molar-refractivity contribution in [3.05, 3.63) is 57.0 Å². The fourth-order valence-corrected chi connectivity index (χ4v) is 4.28. The van der Waals surface area contributed by atoms with E-state index in [1.54, 1.807) is 32.0 Å². The Hall–Kier alpha value is -1.47. The Morgan fingerprint density at radius 2 is 1.77 bits per heavy atom. The molecule has 0 saturated carbocycles. The molecule has 0 spiro atoms. The van der Waals surface area contributed by atoms with Crippen LogP contribution in [0.2, 0.25) is 15.1 Å². The second-order valence-electron chi connectivity index (χ2n) is 5.28. The Balaban J connectivity index is 2.60. The average Bonchev–Trinajstić information content (AvgIpc) is 2.58. The van der Waals surface area contributed by atoms with Crippen LogP contribution in [0.15, 0.2) is 41.3 Å². The summed E-state index contributed by atoms with van der Waals surface area (Å²) in [4.78, 5) is 11.9. The number of sulfonamides is 1. The van der Waals surface area contributed by atoms with Crippen LogP contribution in [0.4, 0.5) is 5.69 Å². The number of hydrogen-bond acceptors (Lipinski definition) is 4. The van der Waals surface area contributed by atoms with E-state index in [0.717, 1.165) is 4.31 Å². The summed E-state index contributed by atoms with van der Waals surface area (Å²) in [5, 5.41) is 0.689. The zero-order valence-corrected chi connectivity index (χ0v) is 17.1. The topological polar surface area (TPSA) is 63.7 Å². The van der Waals surface area contributed by atoms with E-state index in [1.165, 1.54) is 18.2 Å². The molecule has 5 nitrogen and oxygen atoms in total. The van der Waals surface area contributed by atoms with Gasteiger partial charge >= 0.3 is 5.97 Å². The molecule has 0 atom stereocenters. The summed E-state index contributed by atoms with van der Waals surface area (Å²) in [6.45, 7) is 2.94. The van der Waals surface area contributed by atoms with Gasteiger partial charge in [-0.2, -0.15) is 0 Å². The Morgan fingerprint density at radius 3 is 2.38 bits per heavy atom. The van der Waals surface area contributed by atoms with Gasteiger partial charge in [-0.3, -0.25) is 9.10 Å². The van der Waals surface area contributed by atoms with Crippen LogP contribution in [0.1, 0.15) is 12.5 Å². The minimum absolute atomic E-state index is 0.0895. The summed E-state index contributed by atoms with van der Waals surface area (Å²) < 4.78 is 32.2. The zero-order valence-electron chi connectivity index (χ0n) is 14.0. The standard InChI is InChI=1S/C17H16Cl3NO4S/c1-3-25-17(22)10-21(16-6-4-5-13(18)11(16)2)26(23,24)12-7-8-14(19)15(20)9-12/h4-9H,3,10H2,1-2H3. The Labute approximate surface area is 167 Å². The number of esters is 1. The number of rotatable bonds is 6. The molecule has 0 radical (unpaired) electrons. The van der Waals surface area contributed by atoms with Gasteiger partial charge in [-0.1, -0.05) is 40.9 Å². The highest BCUT2D eigenvalue weighted by Crippen LogP contribution is 2.32. The summed E-state index contributed by atoms with van der Waals surface area (Å²) >= 11 is 17.9. The predicted molar refractivity (Wildman–Crippen MR) is 104 cm³/mol. The molecular formula is C17H16Cl3NO4S. The number of ether oxygens (including phenoxy) is 1. The average molecular weight is 437 g/mol. The van der Waals surface area contributed by atoms with Crippen LogP contribution in [0.5, 0.6) is 0 Å². The van der Waals surface area contributed by atoms with Gasteiger partial charge in [-0.25, -0.2) is 8.42 Å². The van der Waals surface area contributed by atoms with Crippen LogP contribution in [-0.4, -0.2) is 27.5 Å². The van der Waals surface area contributed by atoms with E-state index in [0.29, 0.717) is 10.6 Å². The molecule has 0 aliphatic heterocycles. The largest absolute Gasteiger partial charge is 0.465 e. The Kier molecular flexibility index (Phi) is 6.80. The van der Waals surface area contributed by atoms with Gasteiger partial charge in [0.2, 0.25) is 0 Å². The van der Waals surface area contributed by atoms with Crippen molar-refractivity contribution in [2.75, 3.05) is 17.5 Å². The first-order valence-corrected chi connectivity index (χ1v) is 10.1. The molecule has 0 N–H and O–H groups in total. The molecule has 0 amide bonds. The number of hydrogen-bond donors (Lipinski definition) is 0. The molecular weight excluding hydrogens is 421 g/mol. The molecule has 2 aromatic carbocycles. The van der Waals surface area contributed by atoms with Crippen molar-refractivity contribution in [2.45, 2.75) is 18.7 Å². The van der Waals surface area contributed by atoms with E-state index >= 15 is 0 Å². The molecule has 2 rings (SSSR count). The Bertz CT molecular complexity index is 932. The van der Waals surface area contributed by atoms with Crippen LogP contribution in [0, 0.1) is 6.92 Å². The molecule has 0 heterocycles. The lowest BCUT2D eigenvalue weighted by atomic mass is 10.2. The van der Waals surface area contributed by atoms with Crippen molar-refractivity contribution in [3.8, 4) is 0 Å². The van der Waals surface area contributed by atoms with Crippen LogP contribution in [0.3, 0.4) is 0 Å². The Morgan fingerprint density at radius 1 is 1.08 bits per heavy atom. The zero-order chi connectivity index (χ0) is 19.5. The minimum Gasteiger partial charge on any atom is -0.465 e. The number of halogens is 3. The van der Waals surface area contributed by atoms with Crippen molar-refractivity contribution in [3.63, 3.8) is 0 Å². The number of benzene rings is 2. The predicted octanol–water partition coefficient (Wildman–Crippen LogP) is 4.71. The van der Waals surface area contributed by atoms with Crippen molar-refractivity contribution in [1.82, 2.24) is 0 Å². The van der Waals surface area contributed by atoms with Gasteiger partial charge in [0, 0.05) is 5.02 Å². The summed E-state index contributed by atoms with van der Waals surface area (Å²) in [5.41, 5.74) is 0.790. The number of anilines is 1. The first kappa shape index (κ1) is 20.8. The van der Waals surface area contributed by atoms with E-state index in [9.17, 15) is 13.2 Å². The van der Waals surface area contributed by atoms with Crippen LogP contribution in [0.25, 0.3) is 0 Å². The summed E-state index contributed by atoms with van der Waals surface area (Å²) in [7, 11) is -4.12. The fraction of sp³-hybridized carbons (Fsp3) is 0.235. The van der Waals surface area contributed by atoms with Crippen LogP contribution in [-0.2, 0) is 19.6 Å². The van der Waals surface area contributed by atoms with Gasteiger partial charge in [0.1, 0.15) is 6.54 Å². The van der Waals surface area contributed by atoms with Crippen molar-refractivity contribution in [2.24, 2.45) is 0 Å². The van der Waals surface area contributed by atoms with Gasteiger partial charge in [-0.15, -0.1) is 0 Å². The van der Waals surface area contributed by atoms with Gasteiger partial charge in [0.15, 0.2) is 0 Å². The number of carbonyl (C=O) groups is 1. The van der Waals surface area contributed by atoms with E-state index in [2.05, 4.69) is 0 Å². The molecule has 140 valence electrons. The summed E-state index contributed by atoms with van der Waals surface area (Å²) in [5.74, 6) is -0.685. The lowest BCUT2D eigenvalue weighted by molar-refractivity contribution is -0.141. The lowest BCUT2D eigenvalue weighted by Crippen LogP contribution is -2.37. The molecule has 0 aliphatic carbocycles. The first-order valence-electron chi connectivity index (χ1n) is 7.57. The quantitative estimate of drug-likeness (QED) is 0.615. The van der Waals surface area contributed by atoms with Gasteiger partial charge in [-0.05, 0) is 49.7 Å². The third-order valence-corrected chi connectivity index (χ3v) is 6.47.